The van der Waals surface area contributed by atoms with E-state index in [2.05, 4.69) is 13.8 Å². The Kier molecular flexibility index (Phi) is 28.4. The van der Waals surface area contributed by atoms with Gasteiger partial charge in [-0.25, -0.2) is 0 Å². The topological polar surface area (TPSA) is 34.3 Å². The van der Waals surface area contributed by atoms with Gasteiger partial charge in [-0.15, -0.1) is 0 Å². The van der Waals surface area contributed by atoms with E-state index in [1.165, 1.54) is 205 Å². The number of epoxide rings is 2. The van der Waals surface area contributed by atoms with Crippen molar-refractivity contribution in [2.24, 2.45) is 0 Å². The van der Waals surface area contributed by atoms with Gasteiger partial charge in [0.15, 0.2) is 0 Å². The molecule has 0 spiro atoms. The van der Waals surface area contributed by atoms with E-state index >= 15 is 0 Å². The van der Waals surface area contributed by atoms with Crippen molar-refractivity contribution < 1.29 is 14.2 Å². The van der Waals surface area contributed by atoms with Crippen molar-refractivity contribution in [1.29, 1.82) is 0 Å². The lowest BCUT2D eigenvalue weighted by atomic mass is 10.0. The smallest absolute Gasteiger partial charge is 0.0834 e. The zero-order valence-corrected chi connectivity index (χ0v) is 31.0. The van der Waals surface area contributed by atoms with Gasteiger partial charge in [0.25, 0.3) is 0 Å². The van der Waals surface area contributed by atoms with Gasteiger partial charge in [-0.05, 0) is 12.8 Å². The van der Waals surface area contributed by atoms with Crippen molar-refractivity contribution in [2.75, 3.05) is 13.2 Å². The summed E-state index contributed by atoms with van der Waals surface area (Å²) in [5, 5.41) is 0. The average Bonchev–Trinajstić information content (AvgIpc) is 3.98. The zero-order chi connectivity index (χ0) is 31.9. The number of hydrogen-bond acceptors (Lipinski definition) is 3. The lowest BCUT2D eigenvalue weighted by Crippen LogP contribution is -2.25. The third-order valence-corrected chi connectivity index (χ3v) is 10.5. The highest BCUT2D eigenvalue weighted by Gasteiger charge is 2.31. The first kappa shape index (κ1) is 41.1. The molecule has 3 nitrogen and oxygen atoms in total. The van der Waals surface area contributed by atoms with Crippen molar-refractivity contribution in [3.8, 4) is 0 Å². The lowest BCUT2D eigenvalue weighted by molar-refractivity contribution is -0.0359. The predicted molar refractivity (Wildman–Crippen MR) is 196 cm³/mol. The molecule has 4 atom stereocenters. The summed E-state index contributed by atoms with van der Waals surface area (Å²) in [5.41, 5.74) is 0. The fourth-order valence-corrected chi connectivity index (χ4v) is 7.24. The van der Waals surface area contributed by atoms with Gasteiger partial charge in [-0.1, -0.05) is 206 Å². The van der Waals surface area contributed by atoms with E-state index in [9.17, 15) is 0 Å². The Labute approximate surface area is 283 Å². The predicted octanol–water partition coefficient (Wildman–Crippen LogP) is 13.8. The molecule has 3 heteroatoms. The Morgan fingerprint density at radius 1 is 0.378 bits per heavy atom. The Morgan fingerprint density at radius 2 is 0.600 bits per heavy atom. The molecule has 268 valence electrons. The molecule has 2 aliphatic rings. The van der Waals surface area contributed by atoms with Gasteiger partial charge in [-0.2, -0.15) is 0 Å². The van der Waals surface area contributed by atoms with E-state index < -0.39 is 0 Å². The normalized spacial score (nSPS) is 18.8. The van der Waals surface area contributed by atoms with Crippen LogP contribution < -0.4 is 0 Å². The molecule has 0 bridgehead atoms. The fourth-order valence-electron chi connectivity index (χ4n) is 7.24. The van der Waals surface area contributed by atoms with Crippen LogP contribution in [0.25, 0.3) is 0 Å². The zero-order valence-electron chi connectivity index (χ0n) is 31.0. The molecular formula is C42H82O3. The van der Waals surface area contributed by atoms with Crippen LogP contribution in [0.4, 0.5) is 0 Å². The highest BCUT2D eigenvalue weighted by molar-refractivity contribution is 4.79. The van der Waals surface area contributed by atoms with Crippen LogP contribution in [0.3, 0.4) is 0 Å². The average molecular weight is 635 g/mol. The Balaban J connectivity index is 1.43. The molecule has 0 aromatic rings. The summed E-state index contributed by atoms with van der Waals surface area (Å²) in [4.78, 5) is 0. The van der Waals surface area contributed by atoms with Crippen molar-refractivity contribution in [3.63, 3.8) is 0 Å². The van der Waals surface area contributed by atoms with E-state index in [4.69, 9.17) is 14.2 Å². The van der Waals surface area contributed by atoms with E-state index in [1.54, 1.807) is 0 Å². The Bertz CT molecular complexity index is 536. The van der Waals surface area contributed by atoms with E-state index in [0.717, 1.165) is 26.1 Å². The van der Waals surface area contributed by atoms with Crippen LogP contribution in [-0.2, 0) is 14.2 Å². The lowest BCUT2D eigenvalue weighted by Gasteiger charge is -2.25. The largest absolute Gasteiger partial charge is 0.375 e. The molecule has 0 amide bonds. The summed E-state index contributed by atoms with van der Waals surface area (Å²) in [6, 6.07) is 0. The molecule has 2 aliphatic heterocycles. The molecule has 2 fully saturated rings. The van der Waals surface area contributed by atoms with Crippen LogP contribution in [0, 0.1) is 0 Å². The van der Waals surface area contributed by atoms with E-state index in [0.29, 0.717) is 24.4 Å². The Hall–Kier alpha value is -0.120. The van der Waals surface area contributed by atoms with E-state index in [1.807, 2.05) is 0 Å². The van der Waals surface area contributed by atoms with Crippen LogP contribution in [0.1, 0.15) is 232 Å². The number of ether oxygens (including phenoxy) is 3. The molecule has 0 aromatic carbocycles. The van der Waals surface area contributed by atoms with Crippen LogP contribution >= 0.6 is 0 Å². The van der Waals surface area contributed by atoms with Crippen molar-refractivity contribution >= 4 is 0 Å². The molecule has 2 saturated heterocycles. The monoisotopic (exact) mass is 635 g/mol. The summed E-state index contributed by atoms with van der Waals surface area (Å²) in [6.07, 6.45) is 49.2. The maximum absolute atomic E-state index is 6.83. The van der Waals surface area contributed by atoms with Crippen molar-refractivity contribution in [2.45, 2.75) is 257 Å². The number of unbranched alkanes of at least 4 members (excludes halogenated alkanes) is 28. The minimum atomic E-state index is 0.388. The second kappa shape index (κ2) is 31.2. The van der Waals surface area contributed by atoms with Crippen LogP contribution in [-0.4, -0.2) is 37.6 Å². The van der Waals surface area contributed by atoms with Gasteiger partial charge in [0.2, 0.25) is 0 Å². The third-order valence-electron chi connectivity index (χ3n) is 10.5. The fraction of sp³-hybridized carbons (Fsp3) is 1.00. The highest BCUT2D eigenvalue weighted by atomic mass is 16.6. The van der Waals surface area contributed by atoms with Gasteiger partial charge in [0.1, 0.15) is 0 Å². The second-order valence-corrected chi connectivity index (χ2v) is 15.2. The Morgan fingerprint density at radius 3 is 0.822 bits per heavy atom. The number of hydrogen-bond donors (Lipinski definition) is 0. The van der Waals surface area contributed by atoms with Crippen molar-refractivity contribution in [3.05, 3.63) is 0 Å². The molecule has 2 heterocycles. The first-order valence-corrected chi connectivity index (χ1v) is 21.2. The van der Waals surface area contributed by atoms with Crippen LogP contribution in [0.5, 0.6) is 0 Å². The first-order valence-electron chi connectivity index (χ1n) is 21.2. The van der Waals surface area contributed by atoms with Gasteiger partial charge in [-0.3, -0.25) is 0 Å². The molecule has 0 radical (unpaired) electrons. The molecule has 0 aromatic heterocycles. The SMILES string of the molecule is CCCCCCCCCCCCCCCCCC(CC1CO1)OC(CCCCCCCCCCCCCCCCC)CC1CO1. The van der Waals surface area contributed by atoms with Crippen molar-refractivity contribution in [1.82, 2.24) is 0 Å². The van der Waals surface area contributed by atoms with Crippen LogP contribution in [0.2, 0.25) is 0 Å². The summed E-state index contributed by atoms with van der Waals surface area (Å²) < 4.78 is 18.1. The first-order chi connectivity index (χ1) is 22.3. The summed E-state index contributed by atoms with van der Waals surface area (Å²) in [5.74, 6) is 0. The van der Waals surface area contributed by atoms with Crippen LogP contribution in [0.15, 0.2) is 0 Å². The molecule has 4 unspecified atom stereocenters. The molecular weight excluding hydrogens is 552 g/mol. The van der Waals surface area contributed by atoms with E-state index in [-0.39, 0.29) is 0 Å². The summed E-state index contributed by atoms with van der Waals surface area (Å²) in [6.45, 7) is 6.52. The van der Waals surface area contributed by atoms with Gasteiger partial charge in [0.05, 0.1) is 37.6 Å². The standard InChI is InChI=1S/C42H82O3/c1-3-5-7-9-11-13-15-17-19-21-23-25-27-29-31-33-39(35-41-37-43-41)45-40(36-42-38-44-42)34-32-30-28-26-24-22-20-18-16-14-12-10-8-6-4-2/h39-42H,3-38H2,1-2H3. The molecule has 0 saturated carbocycles. The third kappa shape index (κ3) is 28.6. The molecule has 0 N–H and O–H groups in total. The maximum Gasteiger partial charge on any atom is 0.0834 e. The maximum atomic E-state index is 6.83. The van der Waals surface area contributed by atoms with Gasteiger partial charge >= 0.3 is 0 Å². The second-order valence-electron chi connectivity index (χ2n) is 15.2. The molecule has 0 aliphatic carbocycles. The quantitative estimate of drug-likeness (QED) is 0.0500. The highest BCUT2D eigenvalue weighted by Crippen LogP contribution is 2.28. The summed E-state index contributed by atoms with van der Waals surface area (Å²) >= 11 is 0. The summed E-state index contributed by atoms with van der Waals surface area (Å²) in [7, 11) is 0. The number of rotatable bonds is 38. The minimum absolute atomic E-state index is 0.388. The molecule has 2 rings (SSSR count). The van der Waals surface area contributed by atoms with Gasteiger partial charge in [0, 0.05) is 12.8 Å². The van der Waals surface area contributed by atoms with Gasteiger partial charge < -0.3 is 14.2 Å². The molecule has 45 heavy (non-hydrogen) atoms. The minimum Gasteiger partial charge on any atom is -0.375 e.